The average Bonchev–Trinajstić information content (AvgIpc) is 3.64. The molecule has 1 heteroatoms. The predicted molar refractivity (Wildman–Crippen MR) is 342 cm³/mol. The lowest BCUT2D eigenvalue weighted by Gasteiger charge is -2.23. The first kappa shape index (κ1) is 61.3. The van der Waals surface area contributed by atoms with Crippen LogP contribution < -0.4 is 5.32 Å². The first-order valence-electron chi connectivity index (χ1n) is 28.0. The van der Waals surface area contributed by atoms with Crippen molar-refractivity contribution in [1.82, 2.24) is 0 Å². The molecule has 1 atom stereocenters. The molecule has 0 saturated heterocycles. The highest BCUT2D eigenvalue weighted by Gasteiger charge is 2.34. The van der Waals surface area contributed by atoms with Crippen molar-refractivity contribution in [1.29, 1.82) is 0 Å². The molecule has 1 nitrogen and oxygen atoms in total. The van der Waals surface area contributed by atoms with Crippen LogP contribution in [0, 0.1) is 13.8 Å². The van der Waals surface area contributed by atoms with Crippen LogP contribution in [0.25, 0.3) is 44.5 Å². The quantitative estimate of drug-likeness (QED) is 0.107. The summed E-state index contributed by atoms with van der Waals surface area (Å²) in [7, 11) is 0. The van der Waals surface area contributed by atoms with E-state index in [1.165, 1.54) is 107 Å². The Morgan fingerprint density at radius 3 is 1.76 bits per heavy atom. The number of nitrogens with one attached hydrogen (secondary N) is 1. The van der Waals surface area contributed by atoms with Crippen LogP contribution in [0.3, 0.4) is 0 Å². The van der Waals surface area contributed by atoms with Gasteiger partial charge in [0.2, 0.25) is 0 Å². The average molecular weight is 1010 g/mol. The van der Waals surface area contributed by atoms with Crippen LogP contribution >= 0.6 is 0 Å². The highest BCUT2D eigenvalue weighted by Crippen LogP contribution is 2.48. The zero-order valence-corrected chi connectivity index (χ0v) is 49.3. The van der Waals surface area contributed by atoms with E-state index in [0.717, 1.165) is 29.8 Å². The third-order valence-corrected chi connectivity index (χ3v) is 14.5. The standard InChI is InChI=1S/C35H39N.C17H20.C16H18.C5H8.C2H6/c1-8-24(3)14-12-18-32-26(5)31-23-29(20-21-33(31)35(32,6)7)36-34-19-11-10-17-30(34)28-16-13-15-27(22-28)25(4)9-2;1-4-13(2)15-10-7-8-12-17(15)16-11-6-5-9-14(16)3;1-3-8-14-10-5-7-12-16(14)15-11-6-4-9-13(15)2;1-4-5(2)3;1-2/h9-23,36H,8H2,1-7H3;5-13H,4H2,1-3H3;4-7,9-12H,3,8H2,1-2H3;4H,1-2H2,3H3;1-2H3/b18-12-,24-14+,25-9+;;;;. The molecule has 0 aromatic heterocycles. The molecule has 0 radical (unpaired) electrons. The van der Waals surface area contributed by atoms with Gasteiger partial charge >= 0.3 is 0 Å². The van der Waals surface area contributed by atoms with Gasteiger partial charge in [-0.05, 0) is 181 Å². The SMILES string of the molecule is C/C=C(\C)c1cccc(-c2ccccc2Nc2ccc3c(c2)C(C)=C(/C=C\C=C(/C)CC)C3(C)C)c1.C=CC(=C)C.CC.CCC(C)c1ccccc1-c1ccccc1C.CCCc1ccccc1-c1ccccc1C. The van der Waals surface area contributed by atoms with Gasteiger partial charge in [0, 0.05) is 22.4 Å². The summed E-state index contributed by atoms with van der Waals surface area (Å²) in [6.45, 7) is 39.6. The summed E-state index contributed by atoms with van der Waals surface area (Å²) >= 11 is 0. The van der Waals surface area contributed by atoms with Gasteiger partial charge in [-0.2, -0.15) is 0 Å². The first-order valence-corrected chi connectivity index (χ1v) is 28.0. The van der Waals surface area contributed by atoms with Crippen LogP contribution in [0.5, 0.6) is 0 Å². The fourth-order valence-corrected chi connectivity index (χ4v) is 9.51. The highest BCUT2D eigenvalue weighted by molar-refractivity contribution is 5.86. The van der Waals surface area contributed by atoms with Gasteiger partial charge in [-0.3, -0.25) is 0 Å². The monoisotopic (exact) mass is 1010 g/mol. The molecule has 0 amide bonds. The molecule has 0 heterocycles. The fourth-order valence-electron chi connectivity index (χ4n) is 9.51. The van der Waals surface area contributed by atoms with Gasteiger partial charge < -0.3 is 5.32 Å². The number of fused-ring (bicyclic) bond motifs is 1. The van der Waals surface area contributed by atoms with E-state index in [-0.39, 0.29) is 5.41 Å². The van der Waals surface area contributed by atoms with Crippen molar-refractivity contribution in [3.63, 3.8) is 0 Å². The van der Waals surface area contributed by atoms with Crippen LogP contribution in [0.15, 0.2) is 224 Å². The summed E-state index contributed by atoms with van der Waals surface area (Å²) in [4.78, 5) is 0. The number of anilines is 2. The molecule has 1 aliphatic rings. The normalized spacial score (nSPS) is 12.8. The molecule has 1 aliphatic carbocycles. The van der Waals surface area contributed by atoms with E-state index in [0.29, 0.717) is 5.92 Å². The van der Waals surface area contributed by atoms with Crippen molar-refractivity contribution in [3.8, 4) is 33.4 Å². The van der Waals surface area contributed by atoms with Gasteiger partial charge in [-0.1, -0.05) is 256 Å². The van der Waals surface area contributed by atoms with E-state index in [4.69, 9.17) is 0 Å². The van der Waals surface area contributed by atoms with Crippen molar-refractivity contribution >= 4 is 22.5 Å². The summed E-state index contributed by atoms with van der Waals surface area (Å²) in [6.07, 6.45) is 15.3. The van der Waals surface area contributed by atoms with Gasteiger partial charge in [0.25, 0.3) is 0 Å². The van der Waals surface area contributed by atoms with Crippen LogP contribution in [-0.4, -0.2) is 0 Å². The molecular weight excluding hydrogens is 915 g/mol. The Kier molecular flexibility index (Phi) is 25.0. The minimum atomic E-state index is -0.00852. The fraction of sp³-hybridized carbons (Fsp3) is 0.280. The van der Waals surface area contributed by atoms with Crippen molar-refractivity contribution in [3.05, 3.63) is 263 Å². The number of hydrogen-bond donors (Lipinski definition) is 1. The lowest BCUT2D eigenvalue weighted by atomic mass is 9.81. The second-order valence-electron chi connectivity index (χ2n) is 20.4. The van der Waals surface area contributed by atoms with E-state index < -0.39 is 0 Å². The van der Waals surface area contributed by atoms with Gasteiger partial charge in [0.05, 0.1) is 0 Å². The smallest absolute Gasteiger partial charge is 0.0463 e. The Morgan fingerprint density at radius 2 is 1.18 bits per heavy atom. The van der Waals surface area contributed by atoms with Gasteiger partial charge in [0.1, 0.15) is 0 Å². The Balaban J connectivity index is 0.000000258. The third-order valence-electron chi connectivity index (χ3n) is 14.5. The second-order valence-corrected chi connectivity index (χ2v) is 20.4. The number of para-hydroxylation sites is 1. The largest absolute Gasteiger partial charge is 0.355 e. The van der Waals surface area contributed by atoms with Crippen molar-refractivity contribution in [2.24, 2.45) is 0 Å². The lowest BCUT2D eigenvalue weighted by molar-refractivity contribution is 0.654. The number of rotatable bonds is 14. The van der Waals surface area contributed by atoms with Crippen molar-refractivity contribution in [2.75, 3.05) is 5.32 Å². The predicted octanol–water partition coefficient (Wildman–Crippen LogP) is 23.1. The molecule has 7 aromatic rings. The zero-order valence-electron chi connectivity index (χ0n) is 49.3. The minimum Gasteiger partial charge on any atom is -0.355 e. The number of benzene rings is 7. The number of allylic oxidation sites excluding steroid dienone is 10. The molecular formula is C75H91N. The molecule has 76 heavy (non-hydrogen) atoms. The summed E-state index contributed by atoms with van der Waals surface area (Å²) in [5, 5.41) is 3.73. The Morgan fingerprint density at radius 1 is 0.632 bits per heavy atom. The van der Waals surface area contributed by atoms with Crippen LogP contribution in [0.2, 0.25) is 0 Å². The van der Waals surface area contributed by atoms with Crippen LogP contribution in [-0.2, 0) is 11.8 Å². The maximum Gasteiger partial charge on any atom is 0.0463 e. The van der Waals surface area contributed by atoms with Crippen molar-refractivity contribution in [2.45, 2.75) is 141 Å². The molecule has 0 saturated carbocycles. The van der Waals surface area contributed by atoms with Crippen LogP contribution in [0.4, 0.5) is 11.4 Å². The summed E-state index contributed by atoms with van der Waals surface area (Å²) in [5.74, 6) is 0.616. The summed E-state index contributed by atoms with van der Waals surface area (Å²) in [6, 6.07) is 58.9. The van der Waals surface area contributed by atoms with E-state index in [1.54, 1.807) is 6.08 Å². The molecule has 1 unspecified atom stereocenters. The zero-order chi connectivity index (χ0) is 55.8. The highest BCUT2D eigenvalue weighted by atomic mass is 14.9. The second kappa shape index (κ2) is 31.0. The molecule has 0 aliphatic heterocycles. The maximum absolute atomic E-state index is 3.73. The Hall–Kier alpha value is -7.22. The lowest BCUT2D eigenvalue weighted by Crippen LogP contribution is -2.16. The minimum absolute atomic E-state index is 0.00852. The van der Waals surface area contributed by atoms with E-state index >= 15 is 0 Å². The van der Waals surface area contributed by atoms with Crippen LogP contribution in [0.1, 0.15) is 154 Å². The molecule has 1 N–H and O–H groups in total. The summed E-state index contributed by atoms with van der Waals surface area (Å²) in [5.41, 5.74) is 26.2. The molecule has 8 rings (SSSR count). The molecule has 396 valence electrons. The maximum atomic E-state index is 3.73. The van der Waals surface area contributed by atoms with Gasteiger partial charge in [-0.25, -0.2) is 0 Å². The van der Waals surface area contributed by atoms with Gasteiger partial charge in [0.15, 0.2) is 0 Å². The van der Waals surface area contributed by atoms with Crippen molar-refractivity contribution < 1.29 is 0 Å². The number of aryl methyl sites for hydroxylation is 3. The number of hydrogen-bond acceptors (Lipinski definition) is 1. The molecule has 7 aromatic carbocycles. The Bertz CT molecular complexity index is 3100. The van der Waals surface area contributed by atoms with E-state index in [2.05, 4.69) is 290 Å². The molecule has 0 bridgehead atoms. The molecule has 0 spiro atoms. The van der Waals surface area contributed by atoms with Gasteiger partial charge in [-0.15, -0.1) is 0 Å². The Labute approximate surface area is 462 Å². The third kappa shape index (κ3) is 16.6. The first-order chi connectivity index (χ1) is 36.6. The topological polar surface area (TPSA) is 12.0 Å². The van der Waals surface area contributed by atoms with E-state index in [1.807, 2.05) is 20.8 Å². The molecule has 0 fully saturated rings. The van der Waals surface area contributed by atoms with E-state index in [9.17, 15) is 0 Å². The summed E-state index contributed by atoms with van der Waals surface area (Å²) < 4.78 is 0.